The van der Waals surface area contributed by atoms with Crippen LogP contribution in [0.5, 0.6) is 5.75 Å². The van der Waals surface area contributed by atoms with Crippen LogP contribution < -0.4 is 15.0 Å². The molecule has 1 saturated heterocycles. The number of ether oxygens (including phenoxy) is 2. The Morgan fingerprint density at radius 2 is 1.97 bits per heavy atom. The summed E-state index contributed by atoms with van der Waals surface area (Å²) in [5.74, 6) is 2.79. The monoisotopic (exact) mass is 474 g/mol. The van der Waals surface area contributed by atoms with Crippen LogP contribution in [0.3, 0.4) is 0 Å². The van der Waals surface area contributed by atoms with E-state index in [0.29, 0.717) is 18.3 Å². The molecule has 1 aliphatic rings. The zero-order valence-corrected chi connectivity index (χ0v) is 20.7. The Bertz CT molecular complexity index is 1360. The second kappa shape index (κ2) is 9.10. The predicted octanol–water partition coefficient (Wildman–Crippen LogP) is 3.89. The minimum Gasteiger partial charge on any atom is -0.492 e. The Labute approximate surface area is 204 Å². The molecule has 3 aromatic heterocycles. The number of methoxy groups -OCH3 is 1. The Kier molecular flexibility index (Phi) is 5.98. The van der Waals surface area contributed by atoms with Gasteiger partial charge in [0.05, 0.1) is 25.4 Å². The summed E-state index contributed by atoms with van der Waals surface area (Å²) < 4.78 is 13.5. The number of hydrogen-bond donors (Lipinski definition) is 1. The Morgan fingerprint density at radius 1 is 1.14 bits per heavy atom. The molecule has 182 valence electrons. The highest BCUT2D eigenvalue weighted by Gasteiger charge is 2.43. The molecule has 4 aromatic rings. The third-order valence-electron chi connectivity index (χ3n) is 6.51. The number of fused-ring (bicyclic) bond motifs is 1. The van der Waals surface area contributed by atoms with Gasteiger partial charge in [-0.3, -0.25) is 0 Å². The number of benzene rings is 1. The molecule has 1 aliphatic heterocycles. The maximum Gasteiger partial charge on any atom is 0.227 e. The molecule has 10 heteroatoms. The van der Waals surface area contributed by atoms with Gasteiger partial charge in [-0.2, -0.15) is 0 Å². The van der Waals surface area contributed by atoms with Gasteiger partial charge in [-0.05, 0) is 44.5 Å². The van der Waals surface area contributed by atoms with Crippen LogP contribution in [0.15, 0.2) is 36.8 Å². The topological polar surface area (TPSA) is 103 Å². The van der Waals surface area contributed by atoms with Gasteiger partial charge in [0, 0.05) is 37.0 Å². The molecular weight excluding hydrogens is 444 g/mol. The van der Waals surface area contributed by atoms with Crippen LogP contribution in [0.4, 0.5) is 17.5 Å². The Hall–Kier alpha value is -3.79. The Balaban J connectivity index is 1.48. The smallest absolute Gasteiger partial charge is 0.227 e. The number of nitrogens with one attached hydrogen (secondary N) is 1. The van der Waals surface area contributed by atoms with E-state index in [1.54, 1.807) is 13.4 Å². The molecule has 0 unspecified atom stereocenters. The van der Waals surface area contributed by atoms with Gasteiger partial charge < -0.3 is 24.3 Å². The van der Waals surface area contributed by atoms with Gasteiger partial charge in [0.15, 0.2) is 11.6 Å². The summed E-state index contributed by atoms with van der Waals surface area (Å²) >= 11 is 0. The molecule has 0 spiro atoms. The summed E-state index contributed by atoms with van der Waals surface area (Å²) in [4.78, 5) is 16.4. The van der Waals surface area contributed by atoms with Crippen molar-refractivity contribution in [2.45, 2.75) is 32.8 Å². The van der Waals surface area contributed by atoms with E-state index in [2.05, 4.69) is 32.3 Å². The fourth-order valence-electron chi connectivity index (χ4n) is 4.43. The highest BCUT2D eigenvalue weighted by molar-refractivity contribution is 5.90. The lowest BCUT2D eigenvalue weighted by molar-refractivity contribution is -0.0359. The van der Waals surface area contributed by atoms with Crippen LogP contribution in [0.1, 0.15) is 26.0 Å². The number of aromatic nitrogens is 6. The fraction of sp³-hybridized carbons (Fsp3) is 0.400. The summed E-state index contributed by atoms with van der Waals surface area (Å²) in [6, 6.07) is 7.87. The lowest BCUT2D eigenvalue weighted by atomic mass is 9.91. The van der Waals surface area contributed by atoms with Crippen LogP contribution in [-0.4, -0.2) is 62.1 Å². The zero-order valence-electron chi connectivity index (χ0n) is 20.7. The molecule has 5 rings (SSSR count). The molecule has 0 saturated carbocycles. The number of pyridine rings is 1. The van der Waals surface area contributed by atoms with Crippen molar-refractivity contribution in [2.24, 2.45) is 7.05 Å². The van der Waals surface area contributed by atoms with Crippen LogP contribution >= 0.6 is 0 Å². The Morgan fingerprint density at radius 3 is 2.66 bits per heavy atom. The first-order chi connectivity index (χ1) is 16.9. The van der Waals surface area contributed by atoms with Crippen molar-refractivity contribution in [3.63, 3.8) is 0 Å². The van der Waals surface area contributed by atoms with Crippen molar-refractivity contribution in [2.75, 3.05) is 37.0 Å². The van der Waals surface area contributed by atoms with Gasteiger partial charge in [0.1, 0.15) is 23.2 Å². The van der Waals surface area contributed by atoms with Crippen molar-refractivity contribution in [1.82, 2.24) is 29.7 Å². The summed E-state index contributed by atoms with van der Waals surface area (Å²) in [5, 5.41) is 12.4. The van der Waals surface area contributed by atoms with Crippen molar-refractivity contribution in [3.05, 3.63) is 42.5 Å². The van der Waals surface area contributed by atoms with Gasteiger partial charge in [-0.1, -0.05) is 6.92 Å². The fourth-order valence-corrected chi connectivity index (χ4v) is 4.43. The average Bonchev–Trinajstić information content (AvgIpc) is 3.26. The molecule has 35 heavy (non-hydrogen) atoms. The quantitative estimate of drug-likeness (QED) is 0.407. The van der Waals surface area contributed by atoms with E-state index in [1.807, 2.05) is 55.9 Å². The second-order valence-electron chi connectivity index (χ2n) is 8.85. The molecule has 4 heterocycles. The van der Waals surface area contributed by atoms with E-state index in [0.717, 1.165) is 59.0 Å². The zero-order chi connectivity index (χ0) is 24.6. The lowest BCUT2D eigenvalue weighted by Gasteiger charge is -2.49. The normalized spacial score (nSPS) is 14.7. The van der Waals surface area contributed by atoms with Crippen LogP contribution in [0, 0.1) is 6.92 Å². The maximum atomic E-state index is 5.92. The van der Waals surface area contributed by atoms with E-state index in [-0.39, 0.29) is 5.60 Å². The third-order valence-corrected chi connectivity index (χ3v) is 6.51. The number of anilines is 3. The van der Waals surface area contributed by atoms with E-state index < -0.39 is 0 Å². The average molecular weight is 475 g/mol. The summed E-state index contributed by atoms with van der Waals surface area (Å²) in [6.45, 7) is 8.20. The van der Waals surface area contributed by atoms with E-state index in [9.17, 15) is 0 Å². The van der Waals surface area contributed by atoms with E-state index in [4.69, 9.17) is 19.4 Å². The molecular formula is C25H30N8O2. The largest absolute Gasteiger partial charge is 0.492 e. The van der Waals surface area contributed by atoms with E-state index in [1.165, 1.54) is 0 Å². The third kappa shape index (κ3) is 4.25. The molecule has 0 radical (unpaired) electrons. The summed E-state index contributed by atoms with van der Waals surface area (Å²) in [5.41, 5.74) is 3.30. The van der Waals surface area contributed by atoms with Crippen molar-refractivity contribution in [1.29, 1.82) is 0 Å². The van der Waals surface area contributed by atoms with Crippen LogP contribution in [0.2, 0.25) is 0 Å². The minimum absolute atomic E-state index is 0.122. The summed E-state index contributed by atoms with van der Waals surface area (Å²) in [7, 11) is 3.69. The molecule has 10 nitrogen and oxygen atoms in total. The highest BCUT2D eigenvalue weighted by atomic mass is 16.5. The highest BCUT2D eigenvalue weighted by Crippen LogP contribution is 2.36. The first-order valence-corrected chi connectivity index (χ1v) is 11.8. The molecule has 0 atom stereocenters. The van der Waals surface area contributed by atoms with Crippen molar-refractivity contribution >= 4 is 28.4 Å². The molecule has 1 aromatic carbocycles. The van der Waals surface area contributed by atoms with Gasteiger partial charge >= 0.3 is 0 Å². The minimum atomic E-state index is -0.122. The lowest BCUT2D eigenvalue weighted by Crippen LogP contribution is -2.63. The summed E-state index contributed by atoms with van der Waals surface area (Å²) in [6.07, 6.45) is 4.46. The predicted molar refractivity (Wildman–Crippen MR) is 135 cm³/mol. The van der Waals surface area contributed by atoms with Crippen molar-refractivity contribution in [3.8, 4) is 17.1 Å². The standard InChI is InChI=1S/C25H30N8O2/c1-6-25(34-5)13-33(14-25)23-21-18(10-16(3)28-23)12-26-24(30-21)29-19-9-8-17(11-20(19)35-7-2)22-31-27-15-32(22)4/h8-12,15H,6-7,13-14H2,1-5H3,(H,26,29,30). The maximum absolute atomic E-state index is 5.92. The number of aryl methyl sites for hydroxylation is 2. The number of rotatable bonds is 8. The SMILES string of the molecule is CCOc1cc(-c2nncn2C)ccc1Nc1ncc2cc(C)nc(N3CC(CC)(OC)C3)c2n1. The van der Waals surface area contributed by atoms with E-state index >= 15 is 0 Å². The first kappa shape index (κ1) is 23.0. The van der Waals surface area contributed by atoms with Gasteiger partial charge in [0.25, 0.3) is 0 Å². The molecule has 0 aliphatic carbocycles. The molecule has 0 amide bonds. The van der Waals surface area contributed by atoms with Crippen molar-refractivity contribution < 1.29 is 9.47 Å². The number of nitrogens with zero attached hydrogens (tertiary/aromatic N) is 7. The van der Waals surface area contributed by atoms with Gasteiger partial charge in [-0.15, -0.1) is 10.2 Å². The molecule has 1 N–H and O–H groups in total. The molecule has 0 bridgehead atoms. The van der Waals surface area contributed by atoms with Crippen LogP contribution in [-0.2, 0) is 11.8 Å². The first-order valence-electron chi connectivity index (χ1n) is 11.8. The van der Waals surface area contributed by atoms with Gasteiger partial charge in [-0.25, -0.2) is 15.0 Å². The molecule has 1 fully saturated rings. The van der Waals surface area contributed by atoms with Gasteiger partial charge in [0.2, 0.25) is 5.95 Å². The number of hydrogen-bond acceptors (Lipinski definition) is 9. The van der Waals surface area contributed by atoms with Crippen LogP contribution in [0.25, 0.3) is 22.3 Å². The second-order valence-corrected chi connectivity index (χ2v) is 8.85.